The predicted octanol–water partition coefficient (Wildman–Crippen LogP) is 6.26. The van der Waals surface area contributed by atoms with Crippen LogP contribution in [-0.2, 0) is 16.1 Å². The van der Waals surface area contributed by atoms with Gasteiger partial charge in [0.25, 0.3) is 0 Å². The van der Waals surface area contributed by atoms with Gasteiger partial charge in [0.05, 0.1) is 17.9 Å². The SMILES string of the molecule is Cc1ccc(C)c(N=C2SC(CC(=O)Nc3ccccc3F)C(=O)N2Cc2ccccc2Cl)c1. The van der Waals surface area contributed by atoms with Crippen LogP contribution < -0.4 is 5.32 Å². The Morgan fingerprint density at radius 1 is 1.12 bits per heavy atom. The number of para-hydroxylation sites is 1. The number of halogens is 2. The van der Waals surface area contributed by atoms with Gasteiger partial charge in [-0.3, -0.25) is 14.5 Å². The van der Waals surface area contributed by atoms with Gasteiger partial charge in [-0.15, -0.1) is 0 Å². The highest BCUT2D eigenvalue weighted by molar-refractivity contribution is 8.15. The Hall–Kier alpha value is -3.16. The zero-order valence-corrected chi connectivity index (χ0v) is 20.3. The van der Waals surface area contributed by atoms with E-state index in [2.05, 4.69) is 5.32 Å². The second-order valence-corrected chi connectivity index (χ2v) is 9.62. The zero-order chi connectivity index (χ0) is 24.2. The first-order valence-electron chi connectivity index (χ1n) is 10.7. The first-order chi connectivity index (χ1) is 16.3. The number of hydrogen-bond donors (Lipinski definition) is 1. The highest BCUT2D eigenvalue weighted by atomic mass is 35.5. The molecule has 0 saturated carbocycles. The summed E-state index contributed by atoms with van der Waals surface area (Å²) in [6.45, 7) is 4.17. The van der Waals surface area contributed by atoms with E-state index in [-0.39, 0.29) is 24.6 Å². The number of amidine groups is 1. The first kappa shape index (κ1) is 24.0. The van der Waals surface area contributed by atoms with Crippen molar-refractivity contribution >= 4 is 51.7 Å². The molecule has 3 aromatic rings. The molecule has 174 valence electrons. The molecular weight excluding hydrogens is 473 g/mol. The summed E-state index contributed by atoms with van der Waals surface area (Å²) in [4.78, 5) is 32.3. The maximum absolute atomic E-state index is 13.9. The van der Waals surface area contributed by atoms with Crippen molar-refractivity contribution in [2.24, 2.45) is 4.99 Å². The van der Waals surface area contributed by atoms with E-state index in [1.807, 2.05) is 50.2 Å². The summed E-state index contributed by atoms with van der Waals surface area (Å²) < 4.78 is 13.9. The third kappa shape index (κ3) is 5.48. The number of benzene rings is 3. The largest absolute Gasteiger partial charge is 0.324 e. The van der Waals surface area contributed by atoms with E-state index >= 15 is 0 Å². The summed E-state index contributed by atoms with van der Waals surface area (Å²) >= 11 is 7.58. The number of hydrogen-bond acceptors (Lipinski definition) is 4. The lowest BCUT2D eigenvalue weighted by atomic mass is 10.1. The van der Waals surface area contributed by atoms with E-state index < -0.39 is 17.0 Å². The second kappa shape index (κ2) is 10.4. The Labute approximate surface area is 207 Å². The molecule has 1 heterocycles. The molecule has 34 heavy (non-hydrogen) atoms. The molecule has 1 unspecified atom stereocenters. The van der Waals surface area contributed by atoms with Crippen molar-refractivity contribution in [1.82, 2.24) is 4.90 Å². The number of aliphatic imine (C=N–C) groups is 1. The van der Waals surface area contributed by atoms with Gasteiger partial charge in [-0.25, -0.2) is 9.38 Å². The zero-order valence-electron chi connectivity index (χ0n) is 18.7. The van der Waals surface area contributed by atoms with Crippen molar-refractivity contribution in [3.8, 4) is 0 Å². The molecule has 0 radical (unpaired) electrons. The van der Waals surface area contributed by atoms with Gasteiger partial charge in [0.2, 0.25) is 11.8 Å². The molecule has 0 bridgehead atoms. The third-order valence-corrected chi connectivity index (χ3v) is 6.95. The van der Waals surface area contributed by atoms with Crippen LogP contribution in [0.5, 0.6) is 0 Å². The lowest BCUT2D eigenvalue weighted by molar-refractivity contribution is -0.128. The van der Waals surface area contributed by atoms with Gasteiger partial charge in [-0.05, 0) is 54.8 Å². The summed E-state index contributed by atoms with van der Waals surface area (Å²) in [5, 5.41) is 2.92. The molecule has 1 atom stereocenters. The van der Waals surface area contributed by atoms with Gasteiger partial charge in [-0.2, -0.15) is 0 Å². The van der Waals surface area contributed by atoms with E-state index in [0.717, 1.165) is 22.4 Å². The molecule has 3 aromatic carbocycles. The van der Waals surface area contributed by atoms with Crippen LogP contribution in [0.2, 0.25) is 5.02 Å². The number of thioether (sulfide) groups is 1. The van der Waals surface area contributed by atoms with Crippen LogP contribution in [0, 0.1) is 19.7 Å². The summed E-state index contributed by atoms with van der Waals surface area (Å²) in [6, 6.07) is 19.2. The maximum atomic E-state index is 13.9. The average Bonchev–Trinajstić information content (AvgIpc) is 3.08. The van der Waals surface area contributed by atoms with Crippen LogP contribution in [0.25, 0.3) is 0 Å². The monoisotopic (exact) mass is 495 g/mol. The first-order valence-corrected chi connectivity index (χ1v) is 12.0. The summed E-state index contributed by atoms with van der Waals surface area (Å²) in [5.41, 5.74) is 3.65. The molecule has 1 N–H and O–H groups in total. The van der Waals surface area contributed by atoms with Crippen LogP contribution in [-0.4, -0.2) is 27.1 Å². The molecule has 8 heteroatoms. The maximum Gasteiger partial charge on any atom is 0.242 e. The topological polar surface area (TPSA) is 61.8 Å². The number of nitrogens with zero attached hydrogens (tertiary/aromatic N) is 2. The van der Waals surface area contributed by atoms with Crippen LogP contribution in [0.15, 0.2) is 71.7 Å². The summed E-state index contributed by atoms with van der Waals surface area (Å²) in [7, 11) is 0. The molecule has 1 saturated heterocycles. The van der Waals surface area contributed by atoms with Gasteiger partial charge >= 0.3 is 0 Å². The fourth-order valence-electron chi connectivity index (χ4n) is 3.54. The Kier molecular flexibility index (Phi) is 7.34. The molecule has 1 aliphatic rings. The molecule has 1 fully saturated rings. The van der Waals surface area contributed by atoms with Gasteiger partial charge in [0.1, 0.15) is 11.1 Å². The van der Waals surface area contributed by atoms with Crippen LogP contribution >= 0.6 is 23.4 Å². The van der Waals surface area contributed by atoms with E-state index in [9.17, 15) is 14.0 Å². The van der Waals surface area contributed by atoms with Crippen molar-refractivity contribution in [2.45, 2.75) is 32.1 Å². The minimum absolute atomic E-state index is 0.0835. The predicted molar refractivity (Wildman–Crippen MR) is 136 cm³/mol. The molecule has 2 amide bonds. The number of aryl methyl sites for hydroxylation is 2. The minimum atomic E-state index is -0.682. The Morgan fingerprint density at radius 2 is 1.85 bits per heavy atom. The van der Waals surface area contributed by atoms with Gasteiger partial charge in [-0.1, -0.05) is 65.8 Å². The van der Waals surface area contributed by atoms with E-state index in [0.29, 0.717) is 10.2 Å². The molecule has 4 rings (SSSR count). The fraction of sp³-hybridized carbons (Fsp3) is 0.192. The van der Waals surface area contributed by atoms with Crippen LogP contribution in [0.4, 0.5) is 15.8 Å². The number of nitrogens with one attached hydrogen (secondary N) is 1. The molecule has 0 aliphatic carbocycles. The quantitative estimate of drug-likeness (QED) is 0.439. The fourth-order valence-corrected chi connectivity index (χ4v) is 4.89. The lowest BCUT2D eigenvalue weighted by Crippen LogP contribution is -2.33. The Morgan fingerprint density at radius 3 is 2.62 bits per heavy atom. The Bertz CT molecular complexity index is 1280. The van der Waals surface area contributed by atoms with Gasteiger partial charge < -0.3 is 5.32 Å². The molecule has 0 spiro atoms. The lowest BCUT2D eigenvalue weighted by Gasteiger charge is -2.18. The molecular formula is C26H23ClFN3O2S. The average molecular weight is 496 g/mol. The summed E-state index contributed by atoms with van der Waals surface area (Å²) in [5.74, 6) is -1.21. The van der Waals surface area contributed by atoms with Gasteiger partial charge in [0.15, 0.2) is 5.17 Å². The second-order valence-electron chi connectivity index (χ2n) is 8.04. The van der Waals surface area contributed by atoms with E-state index in [1.54, 1.807) is 23.1 Å². The highest BCUT2D eigenvalue weighted by Crippen LogP contribution is 2.35. The Balaban J connectivity index is 1.61. The number of carbonyl (C=O) groups is 2. The molecule has 1 aliphatic heterocycles. The van der Waals surface area contributed by atoms with Crippen molar-refractivity contribution in [2.75, 3.05) is 5.32 Å². The number of rotatable bonds is 6. The smallest absolute Gasteiger partial charge is 0.242 e. The van der Waals surface area contributed by atoms with E-state index in [1.165, 1.54) is 23.9 Å². The van der Waals surface area contributed by atoms with Gasteiger partial charge in [0, 0.05) is 11.4 Å². The number of anilines is 1. The number of carbonyl (C=O) groups excluding carboxylic acids is 2. The number of amides is 2. The standard InChI is InChI=1S/C26H23ClFN3O2S/c1-16-11-12-17(2)22(13-16)30-26-31(15-18-7-3-4-8-19(18)27)25(33)23(34-26)14-24(32)29-21-10-6-5-9-20(21)28/h3-13,23H,14-15H2,1-2H3,(H,29,32). The molecule has 5 nitrogen and oxygen atoms in total. The summed E-state index contributed by atoms with van der Waals surface area (Å²) in [6.07, 6.45) is -0.108. The van der Waals surface area contributed by atoms with Crippen LogP contribution in [0.1, 0.15) is 23.1 Å². The van der Waals surface area contributed by atoms with Crippen LogP contribution in [0.3, 0.4) is 0 Å². The van der Waals surface area contributed by atoms with E-state index in [4.69, 9.17) is 16.6 Å². The third-order valence-electron chi connectivity index (χ3n) is 5.41. The van der Waals surface area contributed by atoms with Crippen molar-refractivity contribution in [3.63, 3.8) is 0 Å². The van der Waals surface area contributed by atoms with Crippen molar-refractivity contribution in [3.05, 3.63) is 94.3 Å². The normalized spacial score (nSPS) is 16.8. The van der Waals surface area contributed by atoms with Crippen molar-refractivity contribution < 1.29 is 14.0 Å². The molecule has 0 aromatic heterocycles. The minimum Gasteiger partial charge on any atom is -0.324 e. The highest BCUT2D eigenvalue weighted by Gasteiger charge is 2.39. The van der Waals surface area contributed by atoms with Crippen molar-refractivity contribution in [1.29, 1.82) is 0 Å².